The molecule has 0 aliphatic heterocycles. The van der Waals surface area contributed by atoms with E-state index in [0.29, 0.717) is 17.3 Å². The fraction of sp³-hybridized carbons (Fsp3) is 0.136. The monoisotopic (exact) mass is 432 g/mol. The molecule has 0 aliphatic rings. The van der Waals surface area contributed by atoms with Gasteiger partial charge in [0.2, 0.25) is 5.88 Å². The van der Waals surface area contributed by atoms with Crippen molar-refractivity contribution in [3.8, 4) is 17.4 Å². The SMILES string of the molecule is COc1ccc(N(C)c2nc(C)nc3ccccc23)cc1Oc1cnc(C(=O)NO)cn1. The van der Waals surface area contributed by atoms with Crippen LogP contribution in [-0.2, 0) is 0 Å². The molecule has 0 unspecified atom stereocenters. The van der Waals surface area contributed by atoms with Gasteiger partial charge in [-0.15, -0.1) is 0 Å². The van der Waals surface area contributed by atoms with E-state index < -0.39 is 5.91 Å². The van der Waals surface area contributed by atoms with Gasteiger partial charge in [-0.2, -0.15) is 0 Å². The highest BCUT2D eigenvalue weighted by atomic mass is 16.5. The molecular weight excluding hydrogens is 412 g/mol. The Balaban J connectivity index is 1.69. The van der Waals surface area contributed by atoms with Crippen LogP contribution < -0.4 is 19.9 Å². The van der Waals surface area contributed by atoms with Crippen molar-refractivity contribution in [2.24, 2.45) is 0 Å². The number of ether oxygens (including phenoxy) is 2. The van der Waals surface area contributed by atoms with Gasteiger partial charge in [0.1, 0.15) is 17.3 Å². The number of hydrogen-bond donors (Lipinski definition) is 2. The quantitative estimate of drug-likeness (QED) is 0.348. The van der Waals surface area contributed by atoms with Crippen molar-refractivity contribution in [2.75, 3.05) is 19.1 Å². The molecular formula is C22H20N6O4. The molecule has 4 aromatic rings. The van der Waals surface area contributed by atoms with Gasteiger partial charge in [-0.3, -0.25) is 10.0 Å². The molecule has 10 nitrogen and oxygen atoms in total. The highest BCUT2D eigenvalue weighted by Gasteiger charge is 2.16. The van der Waals surface area contributed by atoms with Gasteiger partial charge in [0, 0.05) is 24.2 Å². The summed E-state index contributed by atoms with van der Waals surface area (Å²) in [5, 5.41) is 9.61. The molecule has 0 aliphatic carbocycles. The average Bonchev–Trinajstić information content (AvgIpc) is 2.83. The zero-order valence-corrected chi connectivity index (χ0v) is 17.6. The van der Waals surface area contributed by atoms with Gasteiger partial charge < -0.3 is 14.4 Å². The number of methoxy groups -OCH3 is 1. The molecule has 32 heavy (non-hydrogen) atoms. The summed E-state index contributed by atoms with van der Waals surface area (Å²) in [6, 6.07) is 13.3. The van der Waals surface area contributed by atoms with Crippen LogP contribution in [0.2, 0.25) is 0 Å². The summed E-state index contributed by atoms with van der Waals surface area (Å²) in [5.41, 5.74) is 3.11. The number of benzene rings is 2. The van der Waals surface area contributed by atoms with Crippen molar-refractivity contribution in [3.63, 3.8) is 0 Å². The standard InChI is InChI=1S/C22H20N6O4/c1-13-25-16-7-5-4-6-15(16)21(26-13)28(2)14-8-9-18(31-3)19(10-14)32-20-12-23-17(11-24-20)22(29)27-30/h4-12,30H,1-3H3,(H,27,29). The molecule has 1 amide bonds. The second-order valence-electron chi connectivity index (χ2n) is 6.79. The molecule has 0 saturated heterocycles. The van der Waals surface area contributed by atoms with E-state index in [1.54, 1.807) is 12.1 Å². The van der Waals surface area contributed by atoms with E-state index in [1.807, 2.05) is 49.2 Å². The highest BCUT2D eigenvalue weighted by Crippen LogP contribution is 2.37. The number of anilines is 2. The Morgan fingerprint density at radius 1 is 1.06 bits per heavy atom. The maximum absolute atomic E-state index is 11.4. The normalized spacial score (nSPS) is 10.6. The summed E-state index contributed by atoms with van der Waals surface area (Å²) in [6.07, 6.45) is 2.47. The number of rotatable bonds is 6. The molecule has 0 saturated carbocycles. The molecule has 2 aromatic carbocycles. The predicted molar refractivity (Wildman–Crippen MR) is 117 cm³/mol. The lowest BCUT2D eigenvalue weighted by atomic mass is 10.2. The second kappa shape index (κ2) is 8.82. The Hall–Kier alpha value is -4.31. The van der Waals surface area contributed by atoms with Gasteiger partial charge in [0.15, 0.2) is 11.5 Å². The first kappa shape index (κ1) is 20.9. The fourth-order valence-electron chi connectivity index (χ4n) is 3.16. The molecule has 0 spiro atoms. The van der Waals surface area contributed by atoms with Crippen LogP contribution in [0, 0.1) is 6.92 Å². The van der Waals surface area contributed by atoms with Crippen molar-refractivity contribution in [3.05, 3.63) is 66.4 Å². The largest absolute Gasteiger partial charge is 0.493 e. The third-order valence-electron chi connectivity index (χ3n) is 4.72. The van der Waals surface area contributed by atoms with E-state index in [9.17, 15) is 4.79 Å². The molecule has 2 heterocycles. The predicted octanol–water partition coefficient (Wildman–Crippen LogP) is 3.42. The van der Waals surface area contributed by atoms with E-state index >= 15 is 0 Å². The molecule has 10 heteroatoms. The van der Waals surface area contributed by atoms with Gasteiger partial charge in [-0.25, -0.2) is 25.4 Å². The zero-order chi connectivity index (χ0) is 22.7. The summed E-state index contributed by atoms with van der Waals surface area (Å²) in [4.78, 5) is 30.5. The Morgan fingerprint density at radius 3 is 2.59 bits per heavy atom. The van der Waals surface area contributed by atoms with E-state index in [0.717, 1.165) is 22.4 Å². The molecule has 0 fully saturated rings. The van der Waals surface area contributed by atoms with Crippen molar-refractivity contribution in [1.82, 2.24) is 25.4 Å². The minimum absolute atomic E-state index is 0.0497. The molecule has 2 aromatic heterocycles. The number of nitrogens with one attached hydrogen (secondary N) is 1. The highest BCUT2D eigenvalue weighted by molar-refractivity contribution is 5.92. The topological polar surface area (TPSA) is 123 Å². The number of amides is 1. The molecule has 0 radical (unpaired) electrons. The van der Waals surface area contributed by atoms with Crippen LogP contribution >= 0.6 is 0 Å². The van der Waals surface area contributed by atoms with Crippen LogP contribution in [0.1, 0.15) is 16.3 Å². The van der Waals surface area contributed by atoms with E-state index in [1.165, 1.54) is 25.0 Å². The number of carbonyl (C=O) groups excluding carboxylic acids is 1. The van der Waals surface area contributed by atoms with Gasteiger partial charge >= 0.3 is 0 Å². The number of carbonyl (C=O) groups is 1. The first-order valence-corrected chi connectivity index (χ1v) is 9.59. The number of nitrogens with zero attached hydrogens (tertiary/aromatic N) is 5. The Morgan fingerprint density at radius 2 is 1.88 bits per heavy atom. The minimum atomic E-state index is -0.766. The Kier molecular flexibility index (Phi) is 5.77. The van der Waals surface area contributed by atoms with Gasteiger partial charge in [0.25, 0.3) is 5.91 Å². The Labute approximate surface area is 183 Å². The van der Waals surface area contributed by atoms with Crippen LogP contribution in [-0.4, -0.2) is 45.2 Å². The van der Waals surface area contributed by atoms with Crippen molar-refractivity contribution >= 4 is 28.3 Å². The number of hydrogen-bond acceptors (Lipinski definition) is 9. The van der Waals surface area contributed by atoms with Crippen LogP contribution in [0.25, 0.3) is 10.9 Å². The minimum Gasteiger partial charge on any atom is -0.493 e. The van der Waals surface area contributed by atoms with Crippen LogP contribution in [0.15, 0.2) is 54.9 Å². The number of aromatic nitrogens is 4. The lowest BCUT2D eigenvalue weighted by molar-refractivity contribution is 0.0700. The van der Waals surface area contributed by atoms with Gasteiger partial charge in [-0.05, 0) is 31.2 Å². The number of fused-ring (bicyclic) bond motifs is 1. The summed E-state index contributed by atoms with van der Waals surface area (Å²) in [7, 11) is 3.44. The third kappa shape index (κ3) is 4.12. The van der Waals surface area contributed by atoms with E-state index in [4.69, 9.17) is 14.7 Å². The third-order valence-corrected chi connectivity index (χ3v) is 4.72. The molecule has 162 valence electrons. The van der Waals surface area contributed by atoms with Gasteiger partial charge in [0.05, 0.1) is 25.0 Å². The molecule has 2 N–H and O–H groups in total. The molecule has 0 bridgehead atoms. The lowest BCUT2D eigenvalue weighted by Gasteiger charge is -2.21. The number of hydroxylamine groups is 1. The fourth-order valence-corrected chi connectivity index (χ4v) is 3.16. The maximum atomic E-state index is 11.4. The summed E-state index contributed by atoms with van der Waals surface area (Å²) in [6.45, 7) is 1.85. The van der Waals surface area contributed by atoms with Crippen LogP contribution in [0.3, 0.4) is 0 Å². The van der Waals surface area contributed by atoms with Crippen LogP contribution in [0.4, 0.5) is 11.5 Å². The van der Waals surface area contributed by atoms with Crippen molar-refractivity contribution < 1.29 is 19.5 Å². The molecule has 4 rings (SSSR count). The van der Waals surface area contributed by atoms with E-state index in [2.05, 4.69) is 19.9 Å². The van der Waals surface area contributed by atoms with Gasteiger partial charge in [-0.1, -0.05) is 12.1 Å². The lowest BCUT2D eigenvalue weighted by Crippen LogP contribution is -2.20. The molecule has 0 atom stereocenters. The second-order valence-corrected chi connectivity index (χ2v) is 6.79. The smallest absolute Gasteiger partial charge is 0.294 e. The first-order chi connectivity index (χ1) is 15.5. The summed E-state index contributed by atoms with van der Waals surface area (Å²) in [5.74, 6) is 1.70. The summed E-state index contributed by atoms with van der Waals surface area (Å²) < 4.78 is 11.3. The Bertz CT molecular complexity index is 1280. The van der Waals surface area contributed by atoms with Crippen LogP contribution in [0.5, 0.6) is 17.4 Å². The number of aryl methyl sites for hydroxylation is 1. The zero-order valence-electron chi connectivity index (χ0n) is 17.6. The van der Waals surface area contributed by atoms with E-state index in [-0.39, 0.29) is 11.6 Å². The summed E-state index contributed by atoms with van der Waals surface area (Å²) >= 11 is 0. The first-order valence-electron chi connectivity index (χ1n) is 9.59. The average molecular weight is 432 g/mol. The van der Waals surface area contributed by atoms with Crippen molar-refractivity contribution in [1.29, 1.82) is 0 Å². The number of para-hydroxylation sites is 1. The van der Waals surface area contributed by atoms with Crippen molar-refractivity contribution in [2.45, 2.75) is 6.92 Å². The maximum Gasteiger partial charge on any atom is 0.294 e.